The summed E-state index contributed by atoms with van der Waals surface area (Å²) < 4.78 is 4.89. The van der Waals surface area contributed by atoms with Crippen LogP contribution in [0.25, 0.3) is 0 Å². The number of aromatic nitrogens is 2. The van der Waals surface area contributed by atoms with E-state index in [1.165, 1.54) is 6.92 Å². The topological polar surface area (TPSA) is 62.5 Å². The number of hydrogen-bond donors (Lipinski definition) is 0. The lowest BCUT2D eigenvalue weighted by Gasteiger charge is -2.37. The fraction of sp³-hybridized carbons (Fsp3) is 0.727. The Morgan fingerprint density at radius 2 is 2.24 bits per heavy atom. The Morgan fingerprint density at radius 3 is 2.88 bits per heavy atom. The highest BCUT2D eigenvalue weighted by atomic mass is 16.5. The maximum absolute atomic E-state index is 11.1. The molecule has 17 heavy (non-hydrogen) atoms. The van der Waals surface area contributed by atoms with Crippen molar-refractivity contribution in [3.63, 3.8) is 0 Å². The standard InChI is InChI=1S/C11H18N4O2/c1-8(16)11-12-10(13-17-11)6-9-7-14(2)4-5-15(9)3/h9H,4-7H2,1-3H3. The zero-order valence-corrected chi connectivity index (χ0v) is 10.5. The van der Waals surface area contributed by atoms with Crippen molar-refractivity contribution >= 4 is 5.78 Å². The first-order chi connectivity index (χ1) is 8.06. The Hall–Kier alpha value is -1.27. The molecule has 0 aromatic carbocycles. The van der Waals surface area contributed by atoms with Gasteiger partial charge in [0.15, 0.2) is 5.82 Å². The average Bonchev–Trinajstić information content (AvgIpc) is 2.72. The molecule has 1 aliphatic rings. The molecular formula is C11H18N4O2. The highest BCUT2D eigenvalue weighted by Gasteiger charge is 2.24. The van der Waals surface area contributed by atoms with Gasteiger partial charge in [-0.3, -0.25) is 4.79 Å². The zero-order chi connectivity index (χ0) is 12.4. The minimum atomic E-state index is -0.183. The van der Waals surface area contributed by atoms with Crippen LogP contribution >= 0.6 is 0 Å². The van der Waals surface area contributed by atoms with Crippen molar-refractivity contribution < 1.29 is 9.32 Å². The Morgan fingerprint density at radius 1 is 1.47 bits per heavy atom. The molecular weight excluding hydrogens is 220 g/mol. The van der Waals surface area contributed by atoms with Gasteiger partial charge in [-0.25, -0.2) is 0 Å². The van der Waals surface area contributed by atoms with Gasteiger partial charge in [-0.05, 0) is 14.1 Å². The first-order valence-corrected chi connectivity index (χ1v) is 5.78. The SMILES string of the molecule is CC(=O)c1nc(CC2CN(C)CCN2C)no1. The third kappa shape index (κ3) is 2.89. The maximum atomic E-state index is 11.1. The summed E-state index contributed by atoms with van der Waals surface area (Å²) in [5.74, 6) is 0.534. The summed E-state index contributed by atoms with van der Waals surface area (Å²) in [5, 5.41) is 3.84. The van der Waals surface area contributed by atoms with E-state index in [2.05, 4.69) is 34.0 Å². The van der Waals surface area contributed by atoms with Crippen LogP contribution < -0.4 is 0 Å². The summed E-state index contributed by atoms with van der Waals surface area (Å²) >= 11 is 0. The van der Waals surface area contributed by atoms with Crippen LogP contribution in [0.4, 0.5) is 0 Å². The Labute approximate surface area is 101 Å². The fourth-order valence-corrected chi connectivity index (χ4v) is 2.01. The quantitative estimate of drug-likeness (QED) is 0.694. The number of piperazine rings is 1. The van der Waals surface area contributed by atoms with Crippen molar-refractivity contribution in [1.29, 1.82) is 0 Å². The van der Waals surface area contributed by atoms with E-state index >= 15 is 0 Å². The second-order valence-electron chi connectivity index (χ2n) is 4.67. The molecule has 94 valence electrons. The van der Waals surface area contributed by atoms with Gasteiger partial charge in [-0.15, -0.1) is 0 Å². The van der Waals surface area contributed by atoms with Crippen molar-refractivity contribution in [2.75, 3.05) is 33.7 Å². The van der Waals surface area contributed by atoms with Gasteiger partial charge in [0.05, 0.1) is 0 Å². The minimum Gasteiger partial charge on any atom is -0.331 e. The van der Waals surface area contributed by atoms with Crippen LogP contribution in [0.2, 0.25) is 0 Å². The number of rotatable bonds is 3. The van der Waals surface area contributed by atoms with E-state index in [0.29, 0.717) is 11.9 Å². The second kappa shape index (κ2) is 4.93. The lowest BCUT2D eigenvalue weighted by Crippen LogP contribution is -2.50. The average molecular weight is 238 g/mol. The molecule has 1 aliphatic heterocycles. The normalized spacial score (nSPS) is 22.9. The number of likely N-dealkylation sites (N-methyl/N-ethyl adjacent to an activating group) is 2. The van der Waals surface area contributed by atoms with E-state index in [1.54, 1.807) is 0 Å². The molecule has 1 atom stereocenters. The monoisotopic (exact) mass is 238 g/mol. The van der Waals surface area contributed by atoms with Gasteiger partial charge < -0.3 is 14.3 Å². The molecule has 1 saturated heterocycles. The summed E-state index contributed by atoms with van der Waals surface area (Å²) in [5.41, 5.74) is 0. The number of ketones is 1. The first kappa shape index (κ1) is 12.2. The molecule has 2 rings (SSSR count). The smallest absolute Gasteiger partial charge is 0.293 e. The maximum Gasteiger partial charge on any atom is 0.293 e. The van der Waals surface area contributed by atoms with E-state index in [-0.39, 0.29) is 11.7 Å². The number of carbonyl (C=O) groups is 1. The van der Waals surface area contributed by atoms with Crippen LogP contribution in [0.1, 0.15) is 23.4 Å². The Kier molecular flexibility index (Phi) is 3.54. The van der Waals surface area contributed by atoms with E-state index in [1.807, 2.05) is 0 Å². The molecule has 1 aromatic heterocycles. The van der Waals surface area contributed by atoms with Gasteiger partial charge in [0.2, 0.25) is 5.78 Å². The van der Waals surface area contributed by atoms with Gasteiger partial charge in [-0.2, -0.15) is 4.98 Å². The summed E-state index contributed by atoms with van der Waals surface area (Å²) in [6.07, 6.45) is 0.720. The van der Waals surface area contributed by atoms with Crippen molar-refractivity contribution in [3.8, 4) is 0 Å². The Bertz CT molecular complexity index is 404. The molecule has 1 fully saturated rings. The van der Waals surface area contributed by atoms with Crippen LogP contribution in [0.15, 0.2) is 4.52 Å². The second-order valence-corrected chi connectivity index (χ2v) is 4.67. The van der Waals surface area contributed by atoms with Gasteiger partial charge >= 0.3 is 0 Å². The number of hydrogen-bond acceptors (Lipinski definition) is 6. The molecule has 2 heterocycles. The van der Waals surface area contributed by atoms with Crippen molar-refractivity contribution in [3.05, 3.63) is 11.7 Å². The largest absolute Gasteiger partial charge is 0.331 e. The van der Waals surface area contributed by atoms with E-state index in [9.17, 15) is 4.79 Å². The van der Waals surface area contributed by atoms with Crippen LogP contribution in [0, 0.1) is 0 Å². The molecule has 1 aromatic rings. The molecule has 1 unspecified atom stereocenters. The van der Waals surface area contributed by atoms with Crippen LogP contribution in [0.5, 0.6) is 0 Å². The molecule has 0 amide bonds. The molecule has 6 nitrogen and oxygen atoms in total. The molecule has 6 heteroatoms. The van der Waals surface area contributed by atoms with Crippen LogP contribution in [-0.2, 0) is 6.42 Å². The van der Waals surface area contributed by atoms with Crippen molar-refractivity contribution in [2.24, 2.45) is 0 Å². The highest BCUT2D eigenvalue weighted by molar-refractivity contribution is 5.89. The molecule has 0 bridgehead atoms. The highest BCUT2D eigenvalue weighted by Crippen LogP contribution is 2.11. The molecule has 0 saturated carbocycles. The van der Waals surface area contributed by atoms with Gasteiger partial charge in [-0.1, -0.05) is 5.16 Å². The molecule has 0 spiro atoms. The third-order valence-electron chi connectivity index (χ3n) is 3.17. The lowest BCUT2D eigenvalue weighted by molar-refractivity contribution is 0.0972. The van der Waals surface area contributed by atoms with Gasteiger partial charge in [0.1, 0.15) is 0 Å². The Balaban J connectivity index is 2.01. The predicted octanol–water partition coefficient (Wildman–Crippen LogP) is 0.0605. The minimum absolute atomic E-state index is 0.104. The van der Waals surface area contributed by atoms with E-state index < -0.39 is 0 Å². The van der Waals surface area contributed by atoms with Gasteiger partial charge in [0, 0.05) is 39.0 Å². The molecule has 0 radical (unpaired) electrons. The molecule has 0 aliphatic carbocycles. The number of nitrogens with zero attached hydrogens (tertiary/aromatic N) is 4. The predicted molar refractivity (Wildman–Crippen MR) is 61.9 cm³/mol. The third-order valence-corrected chi connectivity index (χ3v) is 3.17. The zero-order valence-electron chi connectivity index (χ0n) is 10.5. The summed E-state index contributed by atoms with van der Waals surface area (Å²) in [6, 6.07) is 0.381. The lowest BCUT2D eigenvalue weighted by atomic mass is 10.1. The number of Topliss-reactive ketones (excluding diaryl/α,β-unsaturated/α-hetero) is 1. The van der Waals surface area contributed by atoms with Crippen LogP contribution in [0.3, 0.4) is 0 Å². The summed E-state index contributed by atoms with van der Waals surface area (Å²) in [7, 11) is 4.21. The molecule has 0 N–H and O–H groups in total. The first-order valence-electron chi connectivity index (χ1n) is 5.78. The van der Waals surface area contributed by atoms with Gasteiger partial charge in [0.25, 0.3) is 5.89 Å². The number of carbonyl (C=O) groups excluding carboxylic acids is 1. The van der Waals surface area contributed by atoms with E-state index in [4.69, 9.17) is 4.52 Å². The summed E-state index contributed by atoms with van der Waals surface area (Å²) in [4.78, 5) is 19.7. The van der Waals surface area contributed by atoms with Crippen LogP contribution in [-0.4, -0.2) is 65.5 Å². The summed E-state index contributed by atoms with van der Waals surface area (Å²) in [6.45, 7) is 4.54. The fourth-order valence-electron chi connectivity index (χ4n) is 2.01. The van der Waals surface area contributed by atoms with Crippen molar-refractivity contribution in [1.82, 2.24) is 19.9 Å². The van der Waals surface area contributed by atoms with Crippen molar-refractivity contribution in [2.45, 2.75) is 19.4 Å². The van der Waals surface area contributed by atoms with E-state index in [0.717, 1.165) is 26.1 Å².